The number of nitrogens with zero attached hydrogens (tertiary/aromatic N) is 1. The molecule has 4 atom stereocenters. The highest BCUT2D eigenvalue weighted by Crippen LogP contribution is 2.48. The summed E-state index contributed by atoms with van der Waals surface area (Å²) >= 11 is 0. The summed E-state index contributed by atoms with van der Waals surface area (Å²) in [5.74, 6) is 1.06. The van der Waals surface area contributed by atoms with Crippen molar-refractivity contribution in [3.05, 3.63) is 46.4 Å². The van der Waals surface area contributed by atoms with Gasteiger partial charge in [0.2, 0.25) is 0 Å². The first-order chi connectivity index (χ1) is 15.5. The van der Waals surface area contributed by atoms with Gasteiger partial charge in [-0.1, -0.05) is 70.6 Å². The van der Waals surface area contributed by atoms with Crippen molar-refractivity contribution < 1.29 is 14.6 Å². The van der Waals surface area contributed by atoms with Gasteiger partial charge in [-0.25, -0.2) is 0 Å². The summed E-state index contributed by atoms with van der Waals surface area (Å²) in [6.45, 7) is 6.72. The number of esters is 1. The minimum absolute atomic E-state index is 0.142. The van der Waals surface area contributed by atoms with Crippen molar-refractivity contribution in [2.24, 2.45) is 11.8 Å². The zero-order valence-electron chi connectivity index (χ0n) is 20.2. The van der Waals surface area contributed by atoms with E-state index in [0.29, 0.717) is 30.7 Å². The molecule has 0 amide bonds. The van der Waals surface area contributed by atoms with E-state index in [4.69, 9.17) is 4.74 Å². The van der Waals surface area contributed by atoms with Gasteiger partial charge in [0.1, 0.15) is 5.76 Å². The molecule has 4 aliphatic rings. The Hall–Kier alpha value is -1.81. The lowest BCUT2D eigenvalue weighted by molar-refractivity contribution is -0.138. The summed E-state index contributed by atoms with van der Waals surface area (Å²) in [4.78, 5) is 14.3. The number of allylic oxidation sites excluding steroid dienone is 4. The maximum Gasteiger partial charge on any atom is 0.307 e. The number of rotatable bonds is 8. The molecule has 1 fully saturated rings. The van der Waals surface area contributed by atoms with Gasteiger partial charge in [0.15, 0.2) is 0 Å². The molecule has 0 radical (unpaired) electrons. The van der Waals surface area contributed by atoms with Gasteiger partial charge >= 0.3 is 5.97 Å². The summed E-state index contributed by atoms with van der Waals surface area (Å²) in [5.41, 5.74) is 5.50. The van der Waals surface area contributed by atoms with Crippen LogP contribution in [0, 0.1) is 11.8 Å². The summed E-state index contributed by atoms with van der Waals surface area (Å²) in [7, 11) is 0. The molecule has 0 spiro atoms. The van der Waals surface area contributed by atoms with Crippen LogP contribution < -0.4 is 0 Å². The first kappa shape index (κ1) is 23.4. The third kappa shape index (κ3) is 4.90. The number of unbranched alkanes of at least 4 members (excludes halogenated alkanes) is 4. The molecule has 1 saturated carbocycles. The SMILES string of the molecule is CCCCCCC[C@H](C)C1=CC2C(=C3CCCC[C@@H]3N3C[C@H](O)CC(OC(C)=O)=C23)C=C1. The van der Waals surface area contributed by atoms with E-state index in [0.717, 1.165) is 18.5 Å². The second kappa shape index (κ2) is 10.4. The van der Waals surface area contributed by atoms with Gasteiger partial charge in [0.25, 0.3) is 0 Å². The van der Waals surface area contributed by atoms with Crippen LogP contribution in [0.3, 0.4) is 0 Å². The minimum atomic E-state index is -0.484. The summed E-state index contributed by atoms with van der Waals surface area (Å²) in [6.07, 6.45) is 19.6. The van der Waals surface area contributed by atoms with Crippen molar-refractivity contribution in [1.29, 1.82) is 0 Å². The molecule has 0 aromatic heterocycles. The first-order valence-electron chi connectivity index (χ1n) is 13.0. The fraction of sp³-hybridized carbons (Fsp3) is 0.679. The molecule has 4 heteroatoms. The van der Waals surface area contributed by atoms with Crippen LogP contribution >= 0.6 is 0 Å². The molecule has 2 heterocycles. The second-order valence-corrected chi connectivity index (χ2v) is 10.2. The van der Waals surface area contributed by atoms with Gasteiger partial charge in [0, 0.05) is 25.8 Å². The number of hydrogen-bond acceptors (Lipinski definition) is 4. The standard InChI is InChI=1S/C28H41NO3/c1-4-5-6-7-8-11-19(2)21-14-15-23-24-12-9-10-13-26(24)29-18-22(31)17-27(32-20(3)30)28(29)25(23)16-21/h14-16,19,22,25-26,31H,4-13,17-18H2,1-3H3/t19-,22+,25?,26-/m0/s1. The van der Waals surface area contributed by atoms with E-state index in [-0.39, 0.29) is 11.9 Å². The molecule has 176 valence electrons. The average Bonchev–Trinajstić information content (AvgIpc) is 2.78. The van der Waals surface area contributed by atoms with Crippen LogP contribution in [0.25, 0.3) is 0 Å². The van der Waals surface area contributed by atoms with Crippen molar-refractivity contribution >= 4 is 5.97 Å². The number of fused-ring (bicyclic) bond motifs is 5. The lowest BCUT2D eigenvalue weighted by Crippen LogP contribution is -2.50. The number of aliphatic hydroxyl groups excluding tert-OH is 1. The van der Waals surface area contributed by atoms with Gasteiger partial charge in [-0.15, -0.1) is 0 Å². The van der Waals surface area contributed by atoms with Gasteiger partial charge in [0.05, 0.1) is 17.8 Å². The molecule has 32 heavy (non-hydrogen) atoms. The van der Waals surface area contributed by atoms with Gasteiger partial charge in [-0.05, 0) is 48.3 Å². The van der Waals surface area contributed by atoms with Crippen LogP contribution in [0.15, 0.2) is 46.4 Å². The molecule has 4 nitrogen and oxygen atoms in total. The fourth-order valence-corrected chi connectivity index (χ4v) is 6.17. The molecular weight excluding hydrogens is 398 g/mol. The predicted molar refractivity (Wildman–Crippen MR) is 129 cm³/mol. The Labute approximate surface area is 194 Å². The quantitative estimate of drug-likeness (QED) is 0.362. The van der Waals surface area contributed by atoms with Gasteiger partial charge < -0.3 is 14.7 Å². The Morgan fingerprint density at radius 2 is 2.03 bits per heavy atom. The smallest absolute Gasteiger partial charge is 0.307 e. The van der Waals surface area contributed by atoms with E-state index in [1.807, 2.05) is 0 Å². The van der Waals surface area contributed by atoms with E-state index in [9.17, 15) is 9.90 Å². The minimum Gasteiger partial charge on any atom is -0.429 e. The molecular formula is C28H41NO3. The summed E-state index contributed by atoms with van der Waals surface area (Å²) in [5, 5.41) is 10.6. The highest BCUT2D eigenvalue weighted by molar-refractivity contribution is 5.67. The molecule has 0 bridgehead atoms. The normalized spacial score (nSPS) is 28.1. The largest absolute Gasteiger partial charge is 0.429 e. The summed E-state index contributed by atoms with van der Waals surface area (Å²) in [6, 6.07) is 0.334. The number of carbonyl (C=O) groups excluding carboxylic acids is 1. The Bertz CT molecular complexity index is 834. The highest BCUT2D eigenvalue weighted by Gasteiger charge is 2.43. The maximum atomic E-state index is 11.9. The van der Waals surface area contributed by atoms with Crippen LogP contribution in [0.1, 0.15) is 91.4 Å². The Kier molecular flexibility index (Phi) is 7.60. The van der Waals surface area contributed by atoms with Crippen molar-refractivity contribution in [3.8, 4) is 0 Å². The van der Waals surface area contributed by atoms with Crippen molar-refractivity contribution in [2.75, 3.05) is 6.54 Å². The zero-order valence-corrected chi connectivity index (χ0v) is 20.2. The van der Waals surface area contributed by atoms with E-state index >= 15 is 0 Å². The van der Waals surface area contributed by atoms with Crippen LogP contribution in [0.5, 0.6) is 0 Å². The number of carbonyl (C=O) groups is 1. The van der Waals surface area contributed by atoms with Crippen molar-refractivity contribution in [3.63, 3.8) is 0 Å². The number of hydrogen-bond donors (Lipinski definition) is 1. The zero-order chi connectivity index (χ0) is 22.7. The fourth-order valence-electron chi connectivity index (χ4n) is 6.17. The molecule has 4 rings (SSSR count). The van der Waals surface area contributed by atoms with E-state index in [2.05, 4.69) is 37.0 Å². The lowest BCUT2D eigenvalue weighted by Gasteiger charge is -2.50. The molecule has 0 aromatic carbocycles. The van der Waals surface area contributed by atoms with Gasteiger partial charge in [-0.3, -0.25) is 4.79 Å². The Morgan fingerprint density at radius 1 is 1.22 bits per heavy atom. The third-order valence-electron chi connectivity index (χ3n) is 7.77. The maximum absolute atomic E-state index is 11.9. The van der Waals surface area contributed by atoms with Crippen LogP contribution in [-0.2, 0) is 9.53 Å². The molecule has 0 saturated heterocycles. The molecule has 2 aliphatic carbocycles. The monoisotopic (exact) mass is 439 g/mol. The van der Waals surface area contributed by atoms with Crippen LogP contribution in [0.2, 0.25) is 0 Å². The van der Waals surface area contributed by atoms with Crippen molar-refractivity contribution in [1.82, 2.24) is 4.90 Å². The van der Waals surface area contributed by atoms with E-state index in [1.54, 1.807) is 5.57 Å². The van der Waals surface area contributed by atoms with Gasteiger partial charge in [-0.2, -0.15) is 0 Å². The number of ether oxygens (including phenoxy) is 1. The van der Waals surface area contributed by atoms with E-state index in [1.165, 1.54) is 69.4 Å². The topological polar surface area (TPSA) is 49.8 Å². The summed E-state index contributed by atoms with van der Waals surface area (Å²) < 4.78 is 5.72. The third-order valence-corrected chi connectivity index (χ3v) is 7.77. The van der Waals surface area contributed by atoms with Crippen LogP contribution in [-0.4, -0.2) is 34.7 Å². The average molecular weight is 440 g/mol. The second-order valence-electron chi connectivity index (χ2n) is 10.2. The Morgan fingerprint density at radius 3 is 2.81 bits per heavy atom. The number of aliphatic hydroxyl groups is 1. The Balaban J connectivity index is 1.65. The van der Waals surface area contributed by atoms with E-state index < -0.39 is 6.10 Å². The molecule has 2 aliphatic heterocycles. The highest BCUT2D eigenvalue weighted by atomic mass is 16.5. The lowest BCUT2D eigenvalue weighted by atomic mass is 9.72. The predicted octanol–water partition coefficient (Wildman–Crippen LogP) is 6.19. The molecule has 0 aromatic rings. The van der Waals surface area contributed by atoms with Crippen LogP contribution in [0.4, 0.5) is 0 Å². The van der Waals surface area contributed by atoms with Crippen molar-refractivity contribution in [2.45, 2.75) is 104 Å². The molecule has 1 N–H and O–H groups in total. The molecule has 1 unspecified atom stereocenters. The first-order valence-corrected chi connectivity index (χ1v) is 13.0.